The first-order valence-corrected chi connectivity index (χ1v) is 5.77. The molecule has 0 radical (unpaired) electrons. The number of carbonyl (C=O) groups is 1. The lowest BCUT2D eigenvalue weighted by atomic mass is 10.1. The van der Waals surface area contributed by atoms with Gasteiger partial charge >= 0.3 is 0 Å². The lowest BCUT2D eigenvalue weighted by molar-refractivity contribution is 0.0951. The van der Waals surface area contributed by atoms with Gasteiger partial charge in [0.1, 0.15) is 11.5 Å². The topological polar surface area (TPSA) is 62.5 Å². The maximum atomic E-state index is 11.8. The van der Waals surface area contributed by atoms with Crippen LogP contribution in [0.25, 0.3) is 0 Å². The van der Waals surface area contributed by atoms with E-state index >= 15 is 0 Å². The third-order valence-corrected chi connectivity index (χ3v) is 2.63. The molecule has 2 rings (SSSR count). The lowest BCUT2D eigenvalue weighted by Crippen LogP contribution is -2.25. The summed E-state index contributed by atoms with van der Waals surface area (Å²) in [6.45, 7) is 2.33. The highest BCUT2D eigenvalue weighted by Gasteiger charge is 2.10. The third kappa shape index (κ3) is 2.91. The minimum atomic E-state index is -0.279. The monoisotopic (exact) mass is 245 g/mol. The summed E-state index contributed by atoms with van der Waals surface area (Å²) in [6, 6.07) is 8.65. The van der Waals surface area contributed by atoms with Gasteiger partial charge in [-0.25, -0.2) is 0 Å². The molecule has 0 fully saturated rings. The number of rotatable bonds is 4. The Morgan fingerprint density at radius 1 is 1.39 bits per heavy atom. The van der Waals surface area contributed by atoms with Crippen LogP contribution in [-0.2, 0) is 6.42 Å². The molecule has 4 heteroatoms. The standard InChI is InChI=1S/C14H15NO3/c1-10-4-5-12(13(16)9-10)14(17)15-7-6-11-3-2-8-18-11/h2-5,8-9,16H,6-7H2,1H3,(H,15,17). The molecule has 1 aromatic heterocycles. The largest absolute Gasteiger partial charge is 0.507 e. The number of benzene rings is 1. The van der Waals surface area contributed by atoms with Crippen molar-refractivity contribution in [2.75, 3.05) is 6.54 Å². The van der Waals surface area contributed by atoms with Gasteiger partial charge in [-0.2, -0.15) is 0 Å². The molecule has 18 heavy (non-hydrogen) atoms. The van der Waals surface area contributed by atoms with Crippen molar-refractivity contribution in [1.29, 1.82) is 0 Å². The number of aryl methyl sites for hydroxylation is 1. The van der Waals surface area contributed by atoms with Gasteiger partial charge < -0.3 is 14.8 Å². The molecule has 0 saturated heterocycles. The highest BCUT2D eigenvalue weighted by molar-refractivity contribution is 5.96. The van der Waals surface area contributed by atoms with E-state index < -0.39 is 0 Å². The predicted octanol–water partition coefficient (Wildman–Crippen LogP) is 2.27. The van der Waals surface area contributed by atoms with Crippen LogP contribution >= 0.6 is 0 Å². The maximum Gasteiger partial charge on any atom is 0.255 e. The number of amides is 1. The second-order valence-electron chi connectivity index (χ2n) is 4.11. The molecule has 0 aliphatic carbocycles. The van der Waals surface area contributed by atoms with E-state index in [0.717, 1.165) is 11.3 Å². The van der Waals surface area contributed by atoms with E-state index in [1.54, 1.807) is 24.5 Å². The average molecular weight is 245 g/mol. The smallest absolute Gasteiger partial charge is 0.255 e. The predicted molar refractivity (Wildman–Crippen MR) is 67.6 cm³/mol. The molecule has 0 aliphatic heterocycles. The first kappa shape index (κ1) is 12.2. The molecule has 4 nitrogen and oxygen atoms in total. The van der Waals surface area contributed by atoms with Crippen molar-refractivity contribution < 1.29 is 14.3 Å². The van der Waals surface area contributed by atoms with Gasteiger partial charge in [-0.15, -0.1) is 0 Å². The zero-order valence-corrected chi connectivity index (χ0v) is 10.1. The van der Waals surface area contributed by atoms with Crippen molar-refractivity contribution in [3.63, 3.8) is 0 Å². The Balaban J connectivity index is 1.91. The van der Waals surface area contributed by atoms with Crippen LogP contribution in [0.1, 0.15) is 21.7 Å². The molecular weight excluding hydrogens is 230 g/mol. The summed E-state index contributed by atoms with van der Waals surface area (Å²) in [5.74, 6) is 0.549. The molecule has 0 bridgehead atoms. The fraction of sp³-hybridized carbons (Fsp3) is 0.214. The third-order valence-electron chi connectivity index (χ3n) is 2.63. The van der Waals surface area contributed by atoms with Gasteiger partial charge in [0, 0.05) is 13.0 Å². The minimum absolute atomic E-state index is 0.00509. The van der Waals surface area contributed by atoms with E-state index in [0.29, 0.717) is 18.5 Å². The molecule has 0 atom stereocenters. The van der Waals surface area contributed by atoms with Crippen molar-refractivity contribution in [3.05, 3.63) is 53.5 Å². The van der Waals surface area contributed by atoms with Crippen LogP contribution in [0.3, 0.4) is 0 Å². The van der Waals surface area contributed by atoms with Crippen LogP contribution in [-0.4, -0.2) is 17.6 Å². The van der Waals surface area contributed by atoms with Crippen LogP contribution in [0.15, 0.2) is 41.0 Å². The first-order chi connectivity index (χ1) is 8.66. The maximum absolute atomic E-state index is 11.8. The van der Waals surface area contributed by atoms with E-state index in [-0.39, 0.29) is 11.7 Å². The summed E-state index contributed by atoms with van der Waals surface area (Å²) in [5.41, 5.74) is 1.21. The highest BCUT2D eigenvalue weighted by Crippen LogP contribution is 2.18. The zero-order chi connectivity index (χ0) is 13.0. The zero-order valence-electron chi connectivity index (χ0n) is 10.1. The lowest BCUT2D eigenvalue weighted by Gasteiger charge is -2.06. The number of hydrogen-bond donors (Lipinski definition) is 2. The van der Waals surface area contributed by atoms with Crippen LogP contribution in [0, 0.1) is 6.92 Å². The molecule has 94 valence electrons. The molecule has 1 amide bonds. The Hall–Kier alpha value is -2.23. The Bertz CT molecular complexity index is 532. The summed E-state index contributed by atoms with van der Waals surface area (Å²) >= 11 is 0. The number of carbonyl (C=O) groups excluding carboxylic acids is 1. The summed E-state index contributed by atoms with van der Waals surface area (Å²) < 4.78 is 5.16. The Labute approximate surface area is 105 Å². The van der Waals surface area contributed by atoms with Gasteiger partial charge in [0.15, 0.2) is 0 Å². The van der Waals surface area contributed by atoms with E-state index in [1.807, 2.05) is 19.1 Å². The Kier molecular flexibility index (Phi) is 3.67. The molecule has 0 aliphatic rings. The SMILES string of the molecule is Cc1ccc(C(=O)NCCc2ccco2)c(O)c1. The van der Waals surface area contributed by atoms with Gasteiger partial charge in [0.2, 0.25) is 0 Å². The quantitative estimate of drug-likeness (QED) is 0.868. The van der Waals surface area contributed by atoms with Crippen molar-refractivity contribution in [3.8, 4) is 5.75 Å². The number of hydrogen-bond acceptors (Lipinski definition) is 3. The molecule has 2 N–H and O–H groups in total. The van der Waals surface area contributed by atoms with E-state index in [9.17, 15) is 9.90 Å². The Morgan fingerprint density at radius 2 is 2.22 bits per heavy atom. The van der Waals surface area contributed by atoms with E-state index in [2.05, 4.69) is 5.32 Å². The van der Waals surface area contributed by atoms with Gasteiger partial charge in [0.25, 0.3) is 5.91 Å². The average Bonchev–Trinajstić information content (AvgIpc) is 2.81. The van der Waals surface area contributed by atoms with Crippen LogP contribution in [0.5, 0.6) is 5.75 Å². The van der Waals surface area contributed by atoms with E-state index in [4.69, 9.17) is 4.42 Å². The van der Waals surface area contributed by atoms with Gasteiger partial charge in [-0.05, 0) is 36.8 Å². The number of furan rings is 1. The van der Waals surface area contributed by atoms with Gasteiger partial charge in [-0.1, -0.05) is 6.07 Å². The van der Waals surface area contributed by atoms with E-state index in [1.165, 1.54) is 0 Å². The fourth-order valence-corrected chi connectivity index (χ4v) is 1.68. The number of nitrogens with one attached hydrogen (secondary N) is 1. The van der Waals surface area contributed by atoms with Crippen molar-refractivity contribution in [1.82, 2.24) is 5.32 Å². The summed E-state index contributed by atoms with van der Waals surface area (Å²) in [4.78, 5) is 11.8. The van der Waals surface area contributed by atoms with Gasteiger partial charge in [0.05, 0.1) is 11.8 Å². The summed E-state index contributed by atoms with van der Waals surface area (Å²) in [6.07, 6.45) is 2.23. The van der Waals surface area contributed by atoms with Gasteiger partial charge in [-0.3, -0.25) is 4.79 Å². The van der Waals surface area contributed by atoms with Crippen LogP contribution in [0.2, 0.25) is 0 Å². The summed E-state index contributed by atoms with van der Waals surface area (Å²) in [7, 11) is 0. The number of phenolic OH excluding ortho intramolecular Hbond substituents is 1. The number of aromatic hydroxyl groups is 1. The fourth-order valence-electron chi connectivity index (χ4n) is 1.68. The molecule has 1 aromatic carbocycles. The van der Waals surface area contributed by atoms with Crippen LogP contribution in [0.4, 0.5) is 0 Å². The molecule has 1 heterocycles. The van der Waals surface area contributed by atoms with Crippen molar-refractivity contribution in [2.24, 2.45) is 0 Å². The normalized spacial score (nSPS) is 10.3. The molecular formula is C14H15NO3. The Morgan fingerprint density at radius 3 is 2.89 bits per heavy atom. The molecule has 0 saturated carbocycles. The molecule has 0 unspecified atom stereocenters. The van der Waals surface area contributed by atoms with Crippen molar-refractivity contribution >= 4 is 5.91 Å². The molecule has 0 spiro atoms. The number of phenols is 1. The molecule has 2 aromatic rings. The highest BCUT2D eigenvalue weighted by atomic mass is 16.3. The minimum Gasteiger partial charge on any atom is -0.507 e. The van der Waals surface area contributed by atoms with Crippen LogP contribution < -0.4 is 5.32 Å². The van der Waals surface area contributed by atoms with Crippen molar-refractivity contribution in [2.45, 2.75) is 13.3 Å². The first-order valence-electron chi connectivity index (χ1n) is 5.77. The summed E-state index contributed by atoms with van der Waals surface area (Å²) in [5, 5.41) is 12.4. The second-order valence-corrected chi connectivity index (χ2v) is 4.11. The second kappa shape index (κ2) is 5.40.